The highest BCUT2D eigenvalue weighted by Gasteiger charge is 2.36. The summed E-state index contributed by atoms with van der Waals surface area (Å²) in [4.78, 5) is 19.6. The molecule has 50 heavy (non-hydrogen) atoms. The first-order valence-corrected chi connectivity index (χ1v) is 17.4. The molecule has 6 atom stereocenters. The van der Waals surface area contributed by atoms with Crippen molar-refractivity contribution in [3.63, 3.8) is 0 Å². The van der Waals surface area contributed by atoms with Crippen LogP contribution in [0.3, 0.4) is 0 Å². The fourth-order valence-corrected chi connectivity index (χ4v) is 7.21. The number of allylic oxidation sites excluding steroid dienone is 1. The Hall–Kier alpha value is -4.84. The van der Waals surface area contributed by atoms with Gasteiger partial charge in [0, 0.05) is 43.7 Å². The highest BCUT2D eigenvalue weighted by Crippen LogP contribution is 2.39. The van der Waals surface area contributed by atoms with Crippen molar-refractivity contribution < 1.29 is 29.6 Å². The van der Waals surface area contributed by atoms with E-state index in [2.05, 4.69) is 40.3 Å². The van der Waals surface area contributed by atoms with E-state index in [1.807, 2.05) is 49.7 Å². The number of carbonyl (C=O) groups excluding carboxylic acids is 1. The smallest absolute Gasteiger partial charge is 0.187 e. The molecule has 10 nitrogen and oxygen atoms in total. The van der Waals surface area contributed by atoms with Crippen LogP contribution in [0.1, 0.15) is 85.5 Å². The number of carbonyl (C=O) groups is 1. The summed E-state index contributed by atoms with van der Waals surface area (Å²) in [6.07, 6.45) is 10.4. The van der Waals surface area contributed by atoms with Gasteiger partial charge in [-0.1, -0.05) is 49.3 Å². The van der Waals surface area contributed by atoms with Gasteiger partial charge in [-0.2, -0.15) is 0 Å². The Bertz CT molecular complexity index is 1920. The van der Waals surface area contributed by atoms with E-state index in [1.54, 1.807) is 6.07 Å². The molecule has 5 aliphatic rings. The van der Waals surface area contributed by atoms with Gasteiger partial charge in [-0.05, 0) is 77.1 Å². The summed E-state index contributed by atoms with van der Waals surface area (Å²) in [7, 11) is 0. The summed E-state index contributed by atoms with van der Waals surface area (Å²) in [5.41, 5.74) is 13.9. The number of benzene rings is 2. The van der Waals surface area contributed by atoms with Crippen molar-refractivity contribution in [1.82, 2.24) is 10.2 Å². The average molecular weight is 675 g/mol. The number of ketones is 1. The Kier molecular flexibility index (Phi) is 9.80. The molecule has 0 aliphatic carbocycles. The maximum atomic E-state index is 12.7. The first-order chi connectivity index (χ1) is 24.3. The second-order valence-corrected chi connectivity index (χ2v) is 13.5. The molecule has 0 aromatic heterocycles. The molecule has 10 heteroatoms. The largest absolute Gasteiger partial charge is 0.465 e. The van der Waals surface area contributed by atoms with E-state index in [0.717, 1.165) is 51.1 Å². The van der Waals surface area contributed by atoms with Crippen molar-refractivity contribution in [1.29, 1.82) is 0 Å². The van der Waals surface area contributed by atoms with E-state index >= 15 is 0 Å². The molecule has 0 amide bonds. The molecule has 7 rings (SSSR count). The summed E-state index contributed by atoms with van der Waals surface area (Å²) < 4.78 is 12.6. The lowest BCUT2D eigenvalue weighted by atomic mass is 9.86. The predicted octanol–water partition coefficient (Wildman–Crippen LogP) is 3.92. The SMILES string of the molecule is CCCC(O)CC(O)CC(=O)CCc1ccc2c(c1)OC1C(C#CC(O)c3ccc4c(c3CC3=CN=C5CN1C=C35)C=CNC4N)CC#CO2. The zero-order chi connectivity index (χ0) is 34.8. The highest BCUT2D eigenvalue weighted by molar-refractivity contribution is 6.09. The first-order valence-electron chi connectivity index (χ1n) is 17.4. The van der Waals surface area contributed by atoms with Crippen LogP contribution in [0.5, 0.6) is 11.5 Å². The Morgan fingerprint density at radius 1 is 1.16 bits per heavy atom. The molecule has 6 N–H and O–H groups in total. The number of Topliss-reactive ketones (excluding diaryl/α,β-unsaturated/α-hetero) is 1. The lowest BCUT2D eigenvalue weighted by molar-refractivity contribution is -0.121. The van der Waals surface area contributed by atoms with E-state index in [-0.39, 0.29) is 31.2 Å². The lowest BCUT2D eigenvalue weighted by Crippen LogP contribution is -2.41. The monoisotopic (exact) mass is 674 g/mol. The molecule has 5 heterocycles. The van der Waals surface area contributed by atoms with Crippen molar-refractivity contribution >= 4 is 17.6 Å². The molecule has 5 aliphatic heterocycles. The minimum atomic E-state index is -1.05. The fraction of sp³-hybridized carbons (Fsp3) is 0.400. The number of nitrogens with two attached hydrogens (primary N) is 1. The topological polar surface area (TPSA) is 150 Å². The number of nitrogens with one attached hydrogen (secondary N) is 1. The third-order valence-corrected chi connectivity index (χ3v) is 9.82. The third kappa shape index (κ3) is 7.07. The molecular weight excluding hydrogens is 632 g/mol. The molecule has 0 saturated heterocycles. The summed E-state index contributed by atoms with van der Waals surface area (Å²) in [6, 6.07) is 9.40. The minimum Gasteiger partial charge on any atom is -0.465 e. The molecule has 0 saturated carbocycles. The molecular formula is C40H42N4O6. The van der Waals surface area contributed by atoms with Crippen LogP contribution in [-0.4, -0.2) is 56.7 Å². The Balaban J connectivity index is 1.17. The highest BCUT2D eigenvalue weighted by atomic mass is 16.5. The molecule has 2 aromatic carbocycles. The van der Waals surface area contributed by atoms with Gasteiger partial charge >= 0.3 is 0 Å². The van der Waals surface area contributed by atoms with Gasteiger partial charge in [-0.25, -0.2) is 0 Å². The fourth-order valence-electron chi connectivity index (χ4n) is 7.21. The average Bonchev–Trinajstić information content (AvgIpc) is 3.69. The maximum absolute atomic E-state index is 12.7. The maximum Gasteiger partial charge on any atom is 0.187 e. The van der Waals surface area contributed by atoms with E-state index < -0.39 is 30.5 Å². The standard InChI is InChI=1S/C40H42N4O6/c1-2-4-27(45)19-29(47)20-28(46)9-6-24-7-13-37-38(17-24)50-40-25(5-3-16-49-37)8-12-36(48)31-10-11-32-30(14-15-42-39(32)41)33(31)18-26-21-43-35-23-44(40)22-34(26)35/h7,10-11,13-15,17,21-22,25,27,29,36,39-40,42,45,47-48H,2,4-6,9,18-20,23,41H2,1H3. The lowest BCUT2D eigenvalue weighted by Gasteiger charge is -2.32. The quantitative estimate of drug-likeness (QED) is 0.250. The van der Waals surface area contributed by atoms with E-state index in [1.165, 1.54) is 0 Å². The van der Waals surface area contributed by atoms with Gasteiger partial charge in [0.2, 0.25) is 0 Å². The number of nitrogens with zero attached hydrogens (tertiary/aromatic N) is 2. The van der Waals surface area contributed by atoms with Crippen molar-refractivity contribution in [3.8, 4) is 35.4 Å². The second-order valence-electron chi connectivity index (χ2n) is 13.5. The summed E-state index contributed by atoms with van der Waals surface area (Å²) in [5.74, 6) is 9.97. The zero-order valence-corrected chi connectivity index (χ0v) is 28.1. The van der Waals surface area contributed by atoms with Gasteiger partial charge in [0.25, 0.3) is 0 Å². The second kappa shape index (κ2) is 14.6. The normalized spacial score (nSPS) is 23.8. The summed E-state index contributed by atoms with van der Waals surface area (Å²) in [6.45, 7) is 2.49. The van der Waals surface area contributed by atoms with E-state index in [9.17, 15) is 20.1 Å². The van der Waals surface area contributed by atoms with Crippen LogP contribution in [0.25, 0.3) is 6.08 Å². The van der Waals surface area contributed by atoms with Crippen LogP contribution >= 0.6 is 0 Å². The van der Waals surface area contributed by atoms with Crippen molar-refractivity contribution in [2.75, 3.05) is 6.54 Å². The predicted molar refractivity (Wildman–Crippen MR) is 189 cm³/mol. The van der Waals surface area contributed by atoms with E-state index in [4.69, 9.17) is 20.2 Å². The van der Waals surface area contributed by atoms with Crippen LogP contribution < -0.4 is 20.5 Å². The summed E-state index contributed by atoms with van der Waals surface area (Å²) >= 11 is 0. The van der Waals surface area contributed by atoms with Crippen LogP contribution in [0.15, 0.2) is 65.1 Å². The van der Waals surface area contributed by atoms with Crippen molar-refractivity contribution in [2.24, 2.45) is 16.6 Å². The van der Waals surface area contributed by atoms with Crippen LogP contribution in [-0.2, 0) is 17.6 Å². The van der Waals surface area contributed by atoms with Crippen molar-refractivity contribution in [2.45, 2.75) is 89.0 Å². The Morgan fingerprint density at radius 3 is 2.88 bits per heavy atom. The Morgan fingerprint density at radius 2 is 2.02 bits per heavy atom. The number of fused-ring (bicyclic) bond motifs is 7. The molecule has 0 radical (unpaired) electrons. The number of hydrogen-bond acceptors (Lipinski definition) is 10. The van der Waals surface area contributed by atoms with Gasteiger partial charge in [0.1, 0.15) is 24.2 Å². The van der Waals surface area contributed by atoms with Gasteiger partial charge < -0.3 is 40.7 Å². The van der Waals surface area contributed by atoms with Gasteiger partial charge in [0.05, 0.1) is 30.4 Å². The van der Waals surface area contributed by atoms with Gasteiger partial charge in [-0.3, -0.25) is 9.79 Å². The molecule has 2 bridgehead atoms. The van der Waals surface area contributed by atoms with Gasteiger partial charge in [0.15, 0.2) is 17.7 Å². The number of ether oxygens (including phenoxy) is 2. The number of rotatable bonds is 9. The first kappa shape index (κ1) is 33.6. The van der Waals surface area contributed by atoms with Crippen LogP contribution in [0.4, 0.5) is 0 Å². The van der Waals surface area contributed by atoms with Gasteiger partial charge in [-0.15, -0.1) is 0 Å². The number of aliphatic hydroxyl groups is 3. The number of aliphatic imine (C=N–C) groups is 1. The third-order valence-electron chi connectivity index (χ3n) is 9.82. The number of aliphatic hydroxyl groups excluding tert-OH is 3. The molecule has 258 valence electrons. The Labute approximate surface area is 292 Å². The number of aryl methyl sites for hydroxylation is 1. The molecule has 0 fully saturated rings. The molecule has 0 spiro atoms. The van der Waals surface area contributed by atoms with Crippen LogP contribution in [0.2, 0.25) is 0 Å². The minimum absolute atomic E-state index is 0.00748. The van der Waals surface area contributed by atoms with Crippen molar-refractivity contribution in [3.05, 3.63) is 87.9 Å². The van der Waals surface area contributed by atoms with Crippen LogP contribution in [0, 0.1) is 29.8 Å². The number of hydrogen-bond donors (Lipinski definition) is 5. The molecule has 2 aromatic rings. The summed E-state index contributed by atoms with van der Waals surface area (Å²) in [5, 5.41) is 35.0. The van der Waals surface area contributed by atoms with E-state index in [0.29, 0.717) is 43.7 Å². The zero-order valence-electron chi connectivity index (χ0n) is 28.1. The molecule has 6 unspecified atom stereocenters.